The molecule has 0 aliphatic carbocycles. The average Bonchev–Trinajstić information content (AvgIpc) is 3.68. The fraction of sp³-hybridized carbons (Fsp3) is 0.340. The molecule has 2 saturated heterocycles. The molecule has 14 heteroatoms. The van der Waals surface area contributed by atoms with Crippen molar-refractivity contribution < 1.29 is 59.8 Å². The summed E-state index contributed by atoms with van der Waals surface area (Å²) in [4.78, 5) is 12.8. The summed E-state index contributed by atoms with van der Waals surface area (Å²) in [7, 11) is -5.33. The smallest absolute Gasteiger partial charge is 0.218 e. The summed E-state index contributed by atoms with van der Waals surface area (Å²) in [6, 6.07) is 46.9. The van der Waals surface area contributed by atoms with E-state index >= 15 is 0 Å². The van der Waals surface area contributed by atoms with Gasteiger partial charge in [-0.25, -0.2) is 8.42 Å². The van der Waals surface area contributed by atoms with Gasteiger partial charge in [-0.2, -0.15) is 0 Å². The van der Waals surface area contributed by atoms with Crippen LogP contribution in [0.2, 0.25) is 0 Å². The van der Waals surface area contributed by atoms with E-state index in [0.29, 0.717) is 6.29 Å². The zero-order valence-electron chi connectivity index (χ0n) is 33.4. The summed E-state index contributed by atoms with van der Waals surface area (Å²) in [5, 5.41) is 0. The highest BCUT2D eigenvalue weighted by Gasteiger charge is 2.53. The molecule has 9 atom stereocenters. The van der Waals surface area contributed by atoms with E-state index in [1.807, 2.05) is 152 Å². The van der Waals surface area contributed by atoms with E-state index in [-0.39, 0.29) is 46.2 Å². The molecule has 7 rings (SSSR count). The Labute approximate surface area is 356 Å². The van der Waals surface area contributed by atoms with Crippen LogP contribution in [0.25, 0.3) is 0 Å². The summed E-state index contributed by atoms with van der Waals surface area (Å²) >= 11 is 0. The molecule has 13 nitrogen and oxygen atoms in total. The lowest BCUT2D eigenvalue weighted by Gasteiger charge is -2.46. The summed E-state index contributed by atoms with van der Waals surface area (Å²) in [6.07, 6.45) is -9.77. The average molecular weight is 854 g/mol. The Morgan fingerprint density at radius 2 is 1.05 bits per heavy atom. The van der Waals surface area contributed by atoms with E-state index in [1.54, 1.807) is 0 Å². The van der Waals surface area contributed by atoms with Crippen LogP contribution in [0.1, 0.15) is 27.8 Å². The molecule has 0 bridgehead atoms. The number of ether oxygens (including phenoxy) is 8. The van der Waals surface area contributed by atoms with Crippen molar-refractivity contribution in [2.24, 2.45) is 0 Å². The first kappa shape index (κ1) is 44.4. The summed E-state index contributed by atoms with van der Waals surface area (Å²) in [5.41, 5.74) is 4.14. The van der Waals surface area contributed by atoms with Crippen LogP contribution in [0.3, 0.4) is 0 Å². The molecule has 0 amide bonds. The number of carbonyl (C=O) groups is 1. The first-order valence-corrected chi connectivity index (χ1v) is 21.4. The van der Waals surface area contributed by atoms with Crippen LogP contribution in [0.5, 0.6) is 0 Å². The van der Waals surface area contributed by atoms with Crippen molar-refractivity contribution >= 4 is 16.7 Å². The molecule has 0 aromatic heterocycles. The minimum Gasteiger partial charge on any atom is -0.726 e. The van der Waals surface area contributed by atoms with E-state index in [4.69, 9.17) is 42.1 Å². The van der Waals surface area contributed by atoms with Gasteiger partial charge in [0.2, 0.25) is 10.4 Å². The Morgan fingerprint density at radius 3 is 1.54 bits per heavy atom. The molecule has 2 aliphatic rings. The summed E-state index contributed by atoms with van der Waals surface area (Å²) in [6.45, 7) is 0.268. The second-order valence-electron chi connectivity index (χ2n) is 14.7. The molecular formula is C47H49O13S-. The van der Waals surface area contributed by atoms with Crippen LogP contribution in [0.15, 0.2) is 152 Å². The molecule has 5 aromatic carbocycles. The fourth-order valence-electron chi connectivity index (χ4n) is 7.25. The molecular weight excluding hydrogens is 805 g/mol. The van der Waals surface area contributed by atoms with Gasteiger partial charge in [0.25, 0.3) is 0 Å². The first-order chi connectivity index (χ1) is 29.8. The van der Waals surface area contributed by atoms with Gasteiger partial charge < -0.3 is 47.2 Å². The predicted molar refractivity (Wildman–Crippen MR) is 220 cm³/mol. The van der Waals surface area contributed by atoms with Crippen molar-refractivity contribution in [1.82, 2.24) is 0 Å². The zero-order valence-corrected chi connectivity index (χ0v) is 34.2. The van der Waals surface area contributed by atoms with E-state index < -0.39 is 65.5 Å². The number of benzene rings is 5. The van der Waals surface area contributed by atoms with Gasteiger partial charge in [-0.1, -0.05) is 152 Å². The Kier molecular flexibility index (Phi) is 16.3. The van der Waals surface area contributed by atoms with E-state index in [2.05, 4.69) is 0 Å². The molecule has 2 heterocycles. The Morgan fingerprint density at radius 1 is 0.590 bits per heavy atom. The van der Waals surface area contributed by atoms with Gasteiger partial charge >= 0.3 is 0 Å². The first-order valence-electron chi connectivity index (χ1n) is 20.1. The molecule has 61 heavy (non-hydrogen) atoms. The predicted octanol–water partition coefficient (Wildman–Crippen LogP) is 6.10. The minimum absolute atomic E-state index is 0.0155. The summed E-state index contributed by atoms with van der Waals surface area (Å²) in [5.74, 6) is 0. The van der Waals surface area contributed by atoms with Gasteiger partial charge in [-0.05, 0) is 27.8 Å². The molecule has 2 aliphatic heterocycles. The van der Waals surface area contributed by atoms with Crippen LogP contribution in [-0.2, 0) is 90.3 Å². The lowest BCUT2D eigenvalue weighted by Crippen LogP contribution is -2.63. The molecule has 0 N–H and O–H groups in total. The van der Waals surface area contributed by atoms with E-state index in [9.17, 15) is 17.8 Å². The van der Waals surface area contributed by atoms with Crippen molar-refractivity contribution in [3.63, 3.8) is 0 Å². The highest BCUT2D eigenvalue weighted by atomic mass is 32.3. The van der Waals surface area contributed by atoms with E-state index in [1.165, 1.54) is 0 Å². The van der Waals surface area contributed by atoms with E-state index in [0.717, 1.165) is 27.8 Å². The van der Waals surface area contributed by atoms with Crippen LogP contribution in [-0.4, -0.2) is 87.6 Å². The monoisotopic (exact) mass is 853 g/mol. The standard InChI is InChI=1S/C47H50O13S/c48-26-39(53-28-35-18-8-2-9-19-35)42-43(40(33-57-42)54-29-36-20-10-3-11-21-36)59-47-46(56-31-38-24-14-5-15-25-38)45(55-30-37-22-12-4-13-23-37)44(60-61(49,50)51)41(58-47)32-52-27-34-16-6-1-7-17-34/h1-26,39-47H,27-33H2,(H,49,50,51)/p-1/t39-,40+,41+,42+,43-,44-,45-,46+,47-/m0/s1. The maximum atomic E-state index is 12.8. The maximum absolute atomic E-state index is 12.8. The SMILES string of the molecule is O=C[C@H](OCc1ccccc1)[C@H]1OC[C@@H](OCc2ccccc2)[C@@H]1O[C@@H]1O[C@H](COCc2ccccc2)[C@H](OS(=O)(=O)[O-])[C@H](OCc2ccccc2)[C@H]1OCc1ccccc1. The molecule has 2 fully saturated rings. The quantitative estimate of drug-likeness (QED) is 0.0448. The van der Waals surface area contributed by atoms with Gasteiger partial charge in [-0.3, -0.25) is 4.18 Å². The van der Waals surface area contributed by atoms with Crippen molar-refractivity contribution in [2.75, 3.05) is 13.2 Å². The number of hydrogen-bond donors (Lipinski definition) is 0. The fourth-order valence-corrected chi connectivity index (χ4v) is 7.75. The largest absolute Gasteiger partial charge is 0.726 e. The number of aldehydes is 1. The van der Waals surface area contributed by atoms with Gasteiger partial charge in [0.05, 0.1) is 46.2 Å². The molecule has 322 valence electrons. The maximum Gasteiger partial charge on any atom is 0.218 e. The number of rotatable bonds is 22. The third kappa shape index (κ3) is 13.2. The van der Waals surface area contributed by atoms with Crippen LogP contribution < -0.4 is 0 Å². The van der Waals surface area contributed by atoms with Gasteiger partial charge in [0.15, 0.2) is 12.6 Å². The van der Waals surface area contributed by atoms with Crippen molar-refractivity contribution in [3.05, 3.63) is 179 Å². The van der Waals surface area contributed by atoms with Crippen LogP contribution in [0.4, 0.5) is 0 Å². The lowest BCUT2D eigenvalue weighted by atomic mass is 9.97. The normalized spacial score (nSPS) is 24.6. The molecule has 0 saturated carbocycles. The lowest BCUT2D eigenvalue weighted by molar-refractivity contribution is -0.334. The Balaban J connectivity index is 1.23. The molecule has 0 unspecified atom stereocenters. The van der Waals surface area contributed by atoms with Crippen LogP contribution >= 0.6 is 0 Å². The third-order valence-electron chi connectivity index (χ3n) is 10.3. The molecule has 0 radical (unpaired) electrons. The number of carbonyl (C=O) groups excluding carboxylic acids is 1. The second-order valence-corrected chi connectivity index (χ2v) is 15.7. The van der Waals surface area contributed by atoms with Crippen molar-refractivity contribution in [2.45, 2.75) is 88.2 Å². The van der Waals surface area contributed by atoms with Gasteiger partial charge in [0.1, 0.15) is 48.8 Å². The third-order valence-corrected chi connectivity index (χ3v) is 10.7. The van der Waals surface area contributed by atoms with Crippen molar-refractivity contribution in [1.29, 1.82) is 0 Å². The topological polar surface area (TPSA) is 157 Å². The zero-order chi connectivity index (χ0) is 42.3. The van der Waals surface area contributed by atoms with Gasteiger partial charge in [-0.15, -0.1) is 0 Å². The minimum atomic E-state index is -5.33. The summed E-state index contributed by atoms with van der Waals surface area (Å²) < 4.78 is 94.3. The molecule has 5 aromatic rings. The van der Waals surface area contributed by atoms with Crippen LogP contribution in [0, 0.1) is 0 Å². The molecule has 0 spiro atoms. The van der Waals surface area contributed by atoms with Gasteiger partial charge in [0, 0.05) is 0 Å². The Hall–Kier alpha value is -4.68. The Bertz CT molecular complexity index is 2130. The highest BCUT2D eigenvalue weighted by Crippen LogP contribution is 2.35. The highest BCUT2D eigenvalue weighted by molar-refractivity contribution is 7.80. The van der Waals surface area contributed by atoms with Crippen molar-refractivity contribution in [3.8, 4) is 0 Å². The second kappa shape index (κ2) is 22.4. The number of hydrogen-bond acceptors (Lipinski definition) is 13.